The van der Waals surface area contributed by atoms with Crippen molar-refractivity contribution >= 4 is 19.7 Å². The van der Waals surface area contributed by atoms with Crippen LogP contribution < -0.4 is 5.32 Å². The zero-order valence-electron chi connectivity index (χ0n) is 29.1. The average Bonchev–Trinajstić information content (AvgIpc) is 3.01. The van der Waals surface area contributed by atoms with Crippen LogP contribution in [0, 0.1) is 0 Å². The minimum absolute atomic E-state index is 0.0759. The number of hydrogen-bond donors (Lipinski definition) is 3. The average molecular weight is 664 g/mol. The van der Waals surface area contributed by atoms with Crippen LogP contribution in [0.25, 0.3) is 0 Å². The molecular formula is C35H70NO8P. The Bertz CT molecular complexity index is 724. The number of phosphoric ester groups is 1. The Labute approximate surface area is 275 Å². The lowest BCUT2D eigenvalue weighted by atomic mass is 10.0. The van der Waals surface area contributed by atoms with Crippen molar-refractivity contribution in [3.05, 3.63) is 0 Å². The number of unbranched alkanes of at least 4 members (excludes halogenated alkanes) is 22. The number of aliphatic hydroxyl groups is 1. The van der Waals surface area contributed by atoms with Gasteiger partial charge in [-0.15, -0.1) is 0 Å². The van der Waals surface area contributed by atoms with Crippen LogP contribution in [0.3, 0.4) is 0 Å². The molecule has 0 aromatic rings. The standard InChI is InChI=1S/C35H70NO8P/c1-3-5-6-7-8-9-10-11-12-13-14-15-16-17-18-19-20-21-22-23-24-25-26-28-35(39)42-31-33(37)32-44-45(40,41)43-30-29-36-34(38)27-4-2/h33,37H,3-32H2,1-2H3,(H,36,38)(H,40,41). The van der Waals surface area contributed by atoms with Gasteiger partial charge in [-0.2, -0.15) is 0 Å². The number of esters is 1. The lowest BCUT2D eigenvalue weighted by Crippen LogP contribution is -2.27. The summed E-state index contributed by atoms with van der Waals surface area (Å²) in [7, 11) is -4.37. The van der Waals surface area contributed by atoms with Crippen molar-refractivity contribution in [3.8, 4) is 0 Å². The number of phosphoric acid groups is 1. The molecule has 9 nitrogen and oxygen atoms in total. The van der Waals surface area contributed by atoms with Crippen molar-refractivity contribution < 1.29 is 37.9 Å². The Morgan fingerprint density at radius 3 is 1.44 bits per heavy atom. The first kappa shape index (κ1) is 44.0. The number of ether oxygens (including phenoxy) is 1. The van der Waals surface area contributed by atoms with Gasteiger partial charge in [0, 0.05) is 19.4 Å². The molecule has 0 radical (unpaired) electrons. The number of amides is 1. The smallest absolute Gasteiger partial charge is 0.463 e. The highest BCUT2D eigenvalue weighted by atomic mass is 31.2. The van der Waals surface area contributed by atoms with Gasteiger partial charge in [-0.1, -0.05) is 155 Å². The first-order valence-electron chi connectivity index (χ1n) is 18.5. The minimum Gasteiger partial charge on any atom is -0.463 e. The normalized spacial score (nSPS) is 13.4. The first-order chi connectivity index (χ1) is 21.8. The summed E-state index contributed by atoms with van der Waals surface area (Å²) in [5.41, 5.74) is 0. The van der Waals surface area contributed by atoms with Gasteiger partial charge in [0.15, 0.2) is 0 Å². The van der Waals surface area contributed by atoms with Crippen LogP contribution in [0.15, 0.2) is 0 Å². The Morgan fingerprint density at radius 2 is 1.02 bits per heavy atom. The lowest BCUT2D eigenvalue weighted by Gasteiger charge is -2.15. The van der Waals surface area contributed by atoms with Crippen LogP contribution in [-0.4, -0.2) is 54.3 Å². The summed E-state index contributed by atoms with van der Waals surface area (Å²) < 4.78 is 26.3. The van der Waals surface area contributed by atoms with Gasteiger partial charge in [0.2, 0.25) is 5.91 Å². The summed E-state index contributed by atoms with van der Waals surface area (Å²) in [5.74, 6) is -0.563. The Morgan fingerprint density at radius 1 is 0.600 bits per heavy atom. The summed E-state index contributed by atoms with van der Waals surface area (Å²) in [6.45, 7) is 3.20. The number of carbonyl (C=O) groups is 2. The third-order valence-corrected chi connectivity index (χ3v) is 8.99. The van der Waals surface area contributed by atoms with Crippen molar-refractivity contribution in [2.24, 2.45) is 0 Å². The second-order valence-corrected chi connectivity index (χ2v) is 14.0. The predicted octanol–water partition coefficient (Wildman–Crippen LogP) is 9.32. The molecule has 0 rings (SSSR count). The maximum atomic E-state index is 11.9. The van der Waals surface area contributed by atoms with E-state index < -0.39 is 26.5 Å². The summed E-state index contributed by atoms with van der Waals surface area (Å²) in [6, 6.07) is 0. The van der Waals surface area contributed by atoms with Crippen LogP contribution in [0.5, 0.6) is 0 Å². The number of carbonyl (C=O) groups excluding carboxylic acids is 2. The Balaban J connectivity index is 3.41. The first-order valence-corrected chi connectivity index (χ1v) is 20.0. The highest BCUT2D eigenvalue weighted by Gasteiger charge is 2.23. The Kier molecular flexibility index (Phi) is 32.2. The molecule has 3 N–H and O–H groups in total. The maximum Gasteiger partial charge on any atom is 0.472 e. The van der Waals surface area contributed by atoms with Gasteiger partial charge in [-0.05, 0) is 12.8 Å². The highest BCUT2D eigenvalue weighted by molar-refractivity contribution is 7.47. The molecular weight excluding hydrogens is 593 g/mol. The molecule has 2 atom stereocenters. The van der Waals surface area contributed by atoms with Crippen molar-refractivity contribution in [2.75, 3.05) is 26.4 Å². The quantitative estimate of drug-likeness (QED) is 0.0347. The monoisotopic (exact) mass is 663 g/mol. The van der Waals surface area contributed by atoms with Gasteiger partial charge in [-0.3, -0.25) is 18.6 Å². The van der Waals surface area contributed by atoms with Gasteiger partial charge in [0.05, 0.1) is 13.2 Å². The van der Waals surface area contributed by atoms with E-state index in [2.05, 4.69) is 12.2 Å². The van der Waals surface area contributed by atoms with Gasteiger partial charge < -0.3 is 20.1 Å². The largest absolute Gasteiger partial charge is 0.472 e. The van der Waals surface area contributed by atoms with Crippen molar-refractivity contribution in [1.29, 1.82) is 0 Å². The maximum absolute atomic E-state index is 11.9. The second-order valence-electron chi connectivity index (χ2n) is 12.6. The molecule has 0 bridgehead atoms. The highest BCUT2D eigenvalue weighted by Crippen LogP contribution is 2.42. The van der Waals surface area contributed by atoms with E-state index in [-0.39, 0.29) is 32.1 Å². The fourth-order valence-corrected chi connectivity index (χ4v) is 6.01. The van der Waals surface area contributed by atoms with Crippen molar-refractivity contribution in [3.63, 3.8) is 0 Å². The zero-order chi connectivity index (χ0) is 33.3. The van der Waals surface area contributed by atoms with Gasteiger partial charge in [-0.25, -0.2) is 4.57 Å². The molecule has 2 unspecified atom stereocenters. The molecule has 0 aliphatic carbocycles. The second kappa shape index (κ2) is 32.9. The van der Waals surface area contributed by atoms with Crippen LogP contribution in [-0.2, 0) is 27.9 Å². The molecule has 0 heterocycles. The lowest BCUT2D eigenvalue weighted by molar-refractivity contribution is -0.147. The van der Waals surface area contributed by atoms with E-state index in [0.717, 1.165) is 19.3 Å². The third-order valence-electron chi connectivity index (χ3n) is 8.01. The molecule has 0 aliphatic heterocycles. The van der Waals surface area contributed by atoms with Crippen LogP contribution >= 0.6 is 7.82 Å². The van der Waals surface area contributed by atoms with Crippen LogP contribution in [0.1, 0.15) is 181 Å². The minimum atomic E-state index is -4.37. The molecule has 0 fully saturated rings. The summed E-state index contributed by atoms with van der Waals surface area (Å²) in [6.07, 6.45) is 30.6. The molecule has 0 saturated heterocycles. The van der Waals surface area contributed by atoms with Gasteiger partial charge >= 0.3 is 13.8 Å². The molecule has 0 saturated carbocycles. The van der Waals surface area contributed by atoms with Gasteiger partial charge in [0.25, 0.3) is 0 Å². The van der Waals surface area contributed by atoms with Crippen LogP contribution in [0.2, 0.25) is 0 Å². The molecule has 268 valence electrons. The van der Waals surface area contributed by atoms with E-state index >= 15 is 0 Å². The van der Waals surface area contributed by atoms with E-state index in [4.69, 9.17) is 13.8 Å². The topological polar surface area (TPSA) is 131 Å². The molecule has 0 spiro atoms. The van der Waals surface area contributed by atoms with Crippen molar-refractivity contribution in [2.45, 2.75) is 187 Å². The fourth-order valence-electron chi connectivity index (χ4n) is 5.25. The predicted molar refractivity (Wildman–Crippen MR) is 183 cm³/mol. The Hall–Kier alpha value is -0.990. The van der Waals surface area contributed by atoms with E-state index in [1.165, 1.54) is 128 Å². The number of nitrogens with one attached hydrogen (secondary N) is 1. The van der Waals surface area contributed by atoms with Gasteiger partial charge in [0.1, 0.15) is 12.7 Å². The number of rotatable bonds is 35. The zero-order valence-corrected chi connectivity index (χ0v) is 30.0. The molecule has 10 heteroatoms. The molecule has 0 aromatic heterocycles. The van der Waals surface area contributed by atoms with Crippen LogP contribution in [0.4, 0.5) is 0 Å². The number of hydrogen-bond acceptors (Lipinski definition) is 7. The van der Waals surface area contributed by atoms with E-state index in [1.807, 2.05) is 6.92 Å². The number of aliphatic hydroxyl groups excluding tert-OH is 1. The SMILES string of the molecule is CCCCCCCCCCCCCCCCCCCCCCCCCC(=O)OCC(O)COP(=O)(O)OCCNC(=O)CCC. The summed E-state index contributed by atoms with van der Waals surface area (Å²) >= 11 is 0. The fraction of sp³-hybridized carbons (Fsp3) is 0.943. The van der Waals surface area contributed by atoms with E-state index in [9.17, 15) is 24.2 Å². The third kappa shape index (κ3) is 34.2. The van der Waals surface area contributed by atoms with Crippen molar-refractivity contribution in [1.82, 2.24) is 5.32 Å². The summed E-state index contributed by atoms with van der Waals surface area (Å²) in [5, 5.41) is 12.4. The van der Waals surface area contributed by atoms with E-state index in [1.54, 1.807) is 0 Å². The molecule has 0 aromatic carbocycles. The molecule has 0 aliphatic rings. The summed E-state index contributed by atoms with van der Waals surface area (Å²) in [4.78, 5) is 32.9. The van der Waals surface area contributed by atoms with E-state index in [0.29, 0.717) is 12.8 Å². The molecule has 45 heavy (non-hydrogen) atoms. The molecule has 1 amide bonds.